The highest BCUT2D eigenvalue weighted by atomic mass is 31.1. The van der Waals surface area contributed by atoms with Gasteiger partial charge in [-0.15, -0.1) is 4.52 Å². The summed E-state index contributed by atoms with van der Waals surface area (Å²) in [5.74, 6) is -0.453. The summed E-state index contributed by atoms with van der Waals surface area (Å²) in [6.45, 7) is 5.32. The molecule has 24 heavy (non-hydrogen) atoms. The van der Waals surface area contributed by atoms with E-state index in [4.69, 9.17) is 14.0 Å². The second-order valence-electron chi connectivity index (χ2n) is 6.00. The zero-order valence-electron chi connectivity index (χ0n) is 14.2. The summed E-state index contributed by atoms with van der Waals surface area (Å²) in [7, 11) is -2.16. The number of rotatable bonds is 8. The van der Waals surface area contributed by atoms with E-state index in [-0.39, 0.29) is 24.9 Å². The number of hydrogen-bond donors (Lipinski definition) is 1. The minimum atomic E-state index is -2.16. The smallest absolute Gasteiger partial charge is 0.462 e. The minimum Gasteiger partial charge on any atom is -0.462 e. The molecular weight excluding hydrogens is 331 g/mol. The summed E-state index contributed by atoms with van der Waals surface area (Å²) < 4.78 is 28.1. The van der Waals surface area contributed by atoms with Crippen LogP contribution in [0.2, 0.25) is 0 Å². The number of aromatic nitrogens is 1. The van der Waals surface area contributed by atoms with Crippen molar-refractivity contribution in [2.45, 2.75) is 58.0 Å². The van der Waals surface area contributed by atoms with E-state index in [1.807, 2.05) is 12.1 Å². The Bertz CT molecular complexity index is 555. The number of carbonyl (C=O) groups is 1. The molecule has 1 aliphatic rings. The molecule has 8 heteroatoms. The van der Waals surface area contributed by atoms with Crippen molar-refractivity contribution >= 4 is 14.1 Å². The molecular formula is C16H24N2O5P+. The zero-order chi connectivity index (χ0) is 17.5. The summed E-state index contributed by atoms with van der Waals surface area (Å²) >= 11 is 0. The van der Waals surface area contributed by atoms with Crippen molar-refractivity contribution in [3.8, 4) is 0 Å². The fraction of sp³-hybridized carbons (Fsp3) is 0.625. The van der Waals surface area contributed by atoms with Crippen molar-refractivity contribution in [1.29, 1.82) is 0 Å². The van der Waals surface area contributed by atoms with Crippen molar-refractivity contribution in [3.63, 3.8) is 0 Å². The fourth-order valence-electron chi connectivity index (χ4n) is 2.37. The van der Waals surface area contributed by atoms with Gasteiger partial charge in [0.05, 0.1) is 18.3 Å². The van der Waals surface area contributed by atoms with Crippen LogP contribution in [0.15, 0.2) is 24.5 Å². The number of pyridine rings is 1. The van der Waals surface area contributed by atoms with Gasteiger partial charge in [-0.3, -0.25) is 9.78 Å². The van der Waals surface area contributed by atoms with Gasteiger partial charge in [-0.05, 0) is 49.8 Å². The third-order valence-electron chi connectivity index (χ3n) is 3.55. The molecule has 0 aliphatic carbocycles. The molecule has 1 aromatic rings. The highest BCUT2D eigenvalue weighted by Crippen LogP contribution is 2.33. The molecule has 0 amide bonds. The molecule has 0 spiro atoms. The second-order valence-corrected chi connectivity index (χ2v) is 7.03. The Morgan fingerprint density at radius 2 is 2.25 bits per heavy atom. The Hall–Kier alpha value is -1.40. The lowest BCUT2D eigenvalue weighted by Gasteiger charge is -2.12. The van der Waals surface area contributed by atoms with E-state index in [0.717, 1.165) is 18.4 Å². The van der Waals surface area contributed by atoms with Crippen molar-refractivity contribution in [1.82, 2.24) is 10.1 Å². The Labute approximate surface area is 143 Å². The molecule has 0 aromatic carbocycles. The molecule has 0 radical (unpaired) electrons. The number of carbonyl (C=O) groups excluding carboxylic acids is 1. The molecule has 4 unspecified atom stereocenters. The first-order chi connectivity index (χ1) is 11.5. The normalized spacial score (nSPS) is 22.4. The van der Waals surface area contributed by atoms with Gasteiger partial charge >= 0.3 is 14.1 Å². The van der Waals surface area contributed by atoms with E-state index in [1.165, 1.54) is 0 Å². The first-order valence-electron chi connectivity index (χ1n) is 8.08. The molecule has 1 saturated heterocycles. The molecule has 4 atom stereocenters. The Morgan fingerprint density at radius 3 is 2.92 bits per heavy atom. The van der Waals surface area contributed by atoms with Crippen LogP contribution >= 0.6 is 8.18 Å². The van der Waals surface area contributed by atoms with Gasteiger partial charge in [-0.1, -0.05) is 11.2 Å². The number of nitrogens with zero attached hydrogens (tertiary/aromatic N) is 1. The van der Waals surface area contributed by atoms with Crippen molar-refractivity contribution in [3.05, 3.63) is 30.1 Å². The van der Waals surface area contributed by atoms with Crippen LogP contribution in [0.4, 0.5) is 0 Å². The van der Waals surface area contributed by atoms with Crippen LogP contribution in [0.5, 0.6) is 0 Å². The van der Waals surface area contributed by atoms with Crippen LogP contribution < -0.4 is 5.09 Å². The maximum Gasteiger partial charge on any atom is 0.613 e. The van der Waals surface area contributed by atoms with E-state index < -0.39 is 20.2 Å². The molecule has 7 nitrogen and oxygen atoms in total. The largest absolute Gasteiger partial charge is 0.613 e. The van der Waals surface area contributed by atoms with Gasteiger partial charge in [0.15, 0.2) is 0 Å². The summed E-state index contributed by atoms with van der Waals surface area (Å²) in [4.78, 5) is 15.7. The lowest BCUT2D eigenvalue weighted by molar-refractivity contribution is -0.149. The monoisotopic (exact) mass is 355 g/mol. The molecule has 2 heterocycles. The maximum absolute atomic E-state index is 11.9. The van der Waals surface area contributed by atoms with E-state index in [9.17, 15) is 9.36 Å². The van der Waals surface area contributed by atoms with Crippen LogP contribution in [0.1, 0.15) is 45.3 Å². The van der Waals surface area contributed by atoms with Gasteiger partial charge in [0.2, 0.25) is 0 Å². The van der Waals surface area contributed by atoms with Crippen molar-refractivity contribution < 1.29 is 23.4 Å². The minimum absolute atomic E-state index is 0.00178. The predicted molar refractivity (Wildman–Crippen MR) is 88.5 cm³/mol. The van der Waals surface area contributed by atoms with Gasteiger partial charge in [0.25, 0.3) is 0 Å². The topological polar surface area (TPSA) is 86.8 Å². The maximum atomic E-state index is 11.9. The highest BCUT2D eigenvalue weighted by molar-refractivity contribution is 7.36. The van der Waals surface area contributed by atoms with E-state index in [2.05, 4.69) is 10.1 Å². The number of hydrogen-bond acceptors (Lipinski definition) is 6. The van der Waals surface area contributed by atoms with Crippen LogP contribution in [0.25, 0.3) is 0 Å². The standard InChI is InChI=1S/C16H24N2O5P/c1-11(2)22-16(19)12(3)18-24(20)21-10-14-6-7-15(23-14)13-5-4-8-17-9-13/h4-5,8-9,11-12,14-15H,6-7,10H2,1-3H3,(H,18,20)/q+1. The molecule has 1 aliphatic heterocycles. The molecule has 132 valence electrons. The quantitative estimate of drug-likeness (QED) is 0.567. The third kappa shape index (κ3) is 5.91. The van der Waals surface area contributed by atoms with Crippen LogP contribution in [-0.4, -0.2) is 35.8 Å². The fourth-order valence-corrected chi connectivity index (χ4v) is 3.17. The summed E-state index contributed by atoms with van der Waals surface area (Å²) in [6, 6.07) is 3.16. The van der Waals surface area contributed by atoms with Gasteiger partial charge in [0, 0.05) is 12.4 Å². The van der Waals surface area contributed by atoms with E-state index in [0.29, 0.717) is 0 Å². The van der Waals surface area contributed by atoms with Gasteiger partial charge in [-0.25, -0.2) is 0 Å². The summed E-state index contributed by atoms with van der Waals surface area (Å²) in [5, 5.41) is 2.60. The Balaban J connectivity index is 1.70. The van der Waals surface area contributed by atoms with Crippen LogP contribution in [0, 0.1) is 0 Å². The number of ether oxygens (including phenoxy) is 2. The Morgan fingerprint density at radius 1 is 1.46 bits per heavy atom. The Kier molecular flexibility index (Phi) is 7.24. The third-order valence-corrected chi connectivity index (χ3v) is 4.53. The van der Waals surface area contributed by atoms with Crippen molar-refractivity contribution in [2.24, 2.45) is 0 Å². The molecule has 2 rings (SSSR count). The van der Waals surface area contributed by atoms with E-state index >= 15 is 0 Å². The molecule has 0 bridgehead atoms. The SMILES string of the molecule is CC(C)OC(=O)C(C)N[P+](=O)OCC1CCC(c2cccnc2)O1. The molecule has 1 N–H and O–H groups in total. The van der Waals surface area contributed by atoms with Gasteiger partial charge < -0.3 is 9.47 Å². The van der Waals surface area contributed by atoms with Gasteiger partial charge in [-0.2, -0.15) is 0 Å². The van der Waals surface area contributed by atoms with Crippen LogP contribution in [-0.2, 0) is 23.4 Å². The average molecular weight is 355 g/mol. The van der Waals surface area contributed by atoms with Gasteiger partial charge in [0.1, 0.15) is 12.6 Å². The molecule has 1 fully saturated rings. The predicted octanol–water partition coefficient (Wildman–Crippen LogP) is 2.91. The average Bonchev–Trinajstić information content (AvgIpc) is 3.02. The summed E-state index contributed by atoms with van der Waals surface area (Å²) in [5.41, 5.74) is 1.03. The second kappa shape index (κ2) is 9.18. The molecule has 0 saturated carbocycles. The van der Waals surface area contributed by atoms with Crippen LogP contribution in [0.3, 0.4) is 0 Å². The first kappa shape index (κ1) is 18.9. The zero-order valence-corrected chi connectivity index (χ0v) is 15.1. The lowest BCUT2D eigenvalue weighted by Crippen LogP contribution is -2.33. The summed E-state index contributed by atoms with van der Waals surface area (Å²) in [6.07, 6.45) is 4.89. The lowest BCUT2D eigenvalue weighted by atomic mass is 10.1. The number of esters is 1. The number of nitrogens with one attached hydrogen (secondary N) is 1. The molecule has 1 aromatic heterocycles. The van der Waals surface area contributed by atoms with Crippen molar-refractivity contribution in [2.75, 3.05) is 6.61 Å². The highest BCUT2D eigenvalue weighted by Gasteiger charge is 2.32. The first-order valence-corrected chi connectivity index (χ1v) is 9.25. The van der Waals surface area contributed by atoms with E-state index in [1.54, 1.807) is 33.2 Å².